The minimum absolute atomic E-state index is 0.145. The molecule has 0 aliphatic heterocycles. The number of nitrogens with zero attached hydrogens (tertiary/aromatic N) is 1. The Morgan fingerprint density at radius 1 is 1.00 bits per heavy atom. The van der Waals surface area contributed by atoms with Gasteiger partial charge in [-0.05, 0) is 66.6 Å². The zero-order chi connectivity index (χ0) is 20.6. The number of ether oxygens (including phenoxy) is 2. The van der Waals surface area contributed by atoms with Crippen LogP contribution in [0.3, 0.4) is 0 Å². The van der Waals surface area contributed by atoms with Gasteiger partial charge in [0.15, 0.2) is 6.61 Å². The lowest BCUT2D eigenvalue weighted by Gasteiger charge is -2.09. The van der Waals surface area contributed by atoms with Crippen molar-refractivity contribution in [3.8, 4) is 5.75 Å². The van der Waals surface area contributed by atoms with Gasteiger partial charge in [-0.2, -0.15) is 5.10 Å². The molecule has 0 aliphatic rings. The first-order chi connectivity index (χ1) is 14.0. The second-order valence-corrected chi connectivity index (χ2v) is 6.66. The fraction of sp³-hybridized carbons (Fsp3) is 0.174. The summed E-state index contributed by atoms with van der Waals surface area (Å²) < 4.78 is 10.4. The normalized spacial score (nSPS) is 11.0. The van der Waals surface area contributed by atoms with E-state index < -0.39 is 5.97 Å². The maximum Gasteiger partial charge on any atom is 0.344 e. The third-order valence-corrected chi connectivity index (χ3v) is 4.00. The molecule has 0 aliphatic carbocycles. The standard InChI is InChI=1S/C23H22N2O4/c1-16(2)29-22(26)15-28-21-11-7-17(8-12-21)14-24-25-23(27)20-10-9-18-5-3-4-6-19(18)13-20/h3-14,16H,15H2,1-2H3,(H,25,27). The third-order valence-electron chi connectivity index (χ3n) is 4.00. The van der Waals surface area contributed by atoms with E-state index in [1.165, 1.54) is 6.21 Å². The van der Waals surface area contributed by atoms with Crippen LogP contribution >= 0.6 is 0 Å². The lowest BCUT2D eigenvalue weighted by Crippen LogP contribution is -2.18. The van der Waals surface area contributed by atoms with Crippen molar-refractivity contribution in [3.05, 3.63) is 77.9 Å². The van der Waals surface area contributed by atoms with E-state index in [0.717, 1.165) is 16.3 Å². The topological polar surface area (TPSA) is 77.0 Å². The van der Waals surface area contributed by atoms with Crippen LogP contribution in [0.15, 0.2) is 71.8 Å². The van der Waals surface area contributed by atoms with Gasteiger partial charge in [0.1, 0.15) is 5.75 Å². The molecule has 0 atom stereocenters. The van der Waals surface area contributed by atoms with E-state index in [0.29, 0.717) is 11.3 Å². The first-order valence-corrected chi connectivity index (χ1v) is 9.26. The van der Waals surface area contributed by atoms with E-state index in [4.69, 9.17) is 9.47 Å². The zero-order valence-electron chi connectivity index (χ0n) is 16.3. The van der Waals surface area contributed by atoms with Gasteiger partial charge in [0, 0.05) is 5.56 Å². The molecule has 3 aromatic rings. The van der Waals surface area contributed by atoms with Crippen LogP contribution in [-0.2, 0) is 9.53 Å². The van der Waals surface area contributed by atoms with E-state index >= 15 is 0 Å². The maximum absolute atomic E-state index is 12.3. The predicted molar refractivity (Wildman–Crippen MR) is 112 cm³/mol. The van der Waals surface area contributed by atoms with Gasteiger partial charge in [0.2, 0.25) is 0 Å². The summed E-state index contributed by atoms with van der Waals surface area (Å²) in [7, 11) is 0. The first-order valence-electron chi connectivity index (χ1n) is 9.26. The van der Waals surface area contributed by atoms with Gasteiger partial charge >= 0.3 is 5.97 Å². The summed E-state index contributed by atoms with van der Waals surface area (Å²) in [6.45, 7) is 3.42. The molecular weight excluding hydrogens is 368 g/mol. The van der Waals surface area contributed by atoms with Crippen molar-refractivity contribution < 1.29 is 19.1 Å². The molecule has 6 heteroatoms. The number of hydrogen-bond acceptors (Lipinski definition) is 5. The highest BCUT2D eigenvalue weighted by Crippen LogP contribution is 2.15. The number of carbonyl (C=O) groups is 2. The SMILES string of the molecule is CC(C)OC(=O)COc1ccc(C=NNC(=O)c2ccc3ccccc3c2)cc1. The van der Waals surface area contributed by atoms with Crippen LogP contribution < -0.4 is 10.2 Å². The number of hydrazone groups is 1. The minimum Gasteiger partial charge on any atom is -0.482 e. The molecule has 0 heterocycles. The lowest BCUT2D eigenvalue weighted by atomic mass is 10.1. The third kappa shape index (κ3) is 5.90. The van der Waals surface area contributed by atoms with Crippen LogP contribution in [0.2, 0.25) is 0 Å². The zero-order valence-corrected chi connectivity index (χ0v) is 16.3. The number of esters is 1. The number of rotatable bonds is 7. The molecule has 0 aromatic heterocycles. The summed E-state index contributed by atoms with van der Waals surface area (Å²) in [4.78, 5) is 23.7. The molecule has 0 unspecified atom stereocenters. The largest absolute Gasteiger partial charge is 0.482 e. The van der Waals surface area contributed by atoms with E-state index in [2.05, 4.69) is 10.5 Å². The Morgan fingerprint density at radius 2 is 1.72 bits per heavy atom. The summed E-state index contributed by atoms with van der Waals surface area (Å²) in [5.41, 5.74) is 3.84. The summed E-state index contributed by atoms with van der Waals surface area (Å²) >= 11 is 0. The quantitative estimate of drug-likeness (QED) is 0.377. The molecule has 0 fully saturated rings. The van der Waals surface area contributed by atoms with Crippen molar-refractivity contribution in [2.75, 3.05) is 6.61 Å². The number of amides is 1. The van der Waals surface area contributed by atoms with Crippen LogP contribution in [0.25, 0.3) is 10.8 Å². The van der Waals surface area contributed by atoms with Crippen molar-refractivity contribution in [3.63, 3.8) is 0 Å². The Hall–Kier alpha value is -3.67. The molecule has 148 valence electrons. The van der Waals surface area contributed by atoms with Gasteiger partial charge in [-0.15, -0.1) is 0 Å². The van der Waals surface area contributed by atoms with Crippen LogP contribution in [0.5, 0.6) is 5.75 Å². The van der Waals surface area contributed by atoms with Crippen molar-refractivity contribution >= 4 is 28.9 Å². The Labute approximate surface area is 169 Å². The fourth-order valence-corrected chi connectivity index (χ4v) is 2.65. The molecule has 0 bridgehead atoms. The Balaban J connectivity index is 1.53. The van der Waals surface area contributed by atoms with Gasteiger partial charge < -0.3 is 9.47 Å². The van der Waals surface area contributed by atoms with E-state index in [-0.39, 0.29) is 18.6 Å². The van der Waals surface area contributed by atoms with Crippen molar-refractivity contribution in [2.24, 2.45) is 5.10 Å². The second kappa shape index (κ2) is 9.50. The van der Waals surface area contributed by atoms with Gasteiger partial charge in [-0.1, -0.05) is 30.3 Å². The minimum atomic E-state index is -0.415. The van der Waals surface area contributed by atoms with Crippen molar-refractivity contribution in [2.45, 2.75) is 20.0 Å². The van der Waals surface area contributed by atoms with Gasteiger partial charge in [-0.3, -0.25) is 4.79 Å². The molecule has 6 nitrogen and oxygen atoms in total. The first kappa shape index (κ1) is 20.1. The summed E-state index contributed by atoms with van der Waals surface area (Å²) in [5.74, 6) is -0.152. The molecule has 0 saturated heterocycles. The molecule has 0 radical (unpaired) electrons. The molecule has 3 rings (SSSR count). The van der Waals surface area contributed by atoms with Crippen LogP contribution in [-0.4, -0.2) is 30.8 Å². The van der Waals surface area contributed by atoms with Crippen LogP contribution in [0.1, 0.15) is 29.8 Å². The molecule has 0 saturated carbocycles. The Kier molecular flexibility index (Phi) is 6.58. The molecule has 0 spiro atoms. The van der Waals surface area contributed by atoms with Crippen LogP contribution in [0.4, 0.5) is 0 Å². The number of hydrogen-bond donors (Lipinski definition) is 1. The number of fused-ring (bicyclic) bond motifs is 1. The monoisotopic (exact) mass is 390 g/mol. The number of carbonyl (C=O) groups excluding carboxylic acids is 2. The Morgan fingerprint density at radius 3 is 2.45 bits per heavy atom. The maximum atomic E-state index is 12.3. The van der Waals surface area contributed by atoms with Crippen molar-refractivity contribution in [1.29, 1.82) is 0 Å². The van der Waals surface area contributed by atoms with E-state index in [1.54, 1.807) is 44.2 Å². The highest BCUT2D eigenvalue weighted by molar-refractivity contribution is 5.98. The highest BCUT2D eigenvalue weighted by atomic mass is 16.6. The van der Waals surface area contributed by atoms with Gasteiger partial charge in [0.25, 0.3) is 5.91 Å². The predicted octanol–water partition coefficient (Wildman–Crippen LogP) is 3.93. The van der Waals surface area contributed by atoms with Crippen molar-refractivity contribution in [1.82, 2.24) is 5.43 Å². The van der Waals surface area contributed by atoms with Gasteiger partial charge in [0.05, 0.1) is 12.3 Å². The molecular formula is C23H22N2O4. The second-order valence-electron chi connectivity index (χ2n) is 6.66. The smallest absolute Gasteiger partial charge is 0.344 e. The van der Waals surface area contributed by atoms with E-state index in [1.807, 2.05) is 36.4 Å². The lowest BCUT2D eigenvalue weighted by molar-refractivity contribution is -0.149. The van der Waals surface area contributed by atoms with E-state index in [9.17, 15) is 9.59 Å². The highest BCUT2D eigenvalue weighted by Gasteiger charge is 2.07. The summed E-state index contributed by atoms with van der Waals surface area (Å²) in [6.07, 6.45) is 1.37. The molecule has 1 N–H and O–H groups in total. The summed E-state index contributed by atoms with van der Waals surface area (Å²) in [5, 5.41) is 6.07. The molecule has 1 amide bonds. The average molecular weight is 390 g/mol. The Bertz CT molecular complexity index is 1030. The average Bonchev–Trinajstić information content (AvgIpc) is 2.72. The van der Waals surface area contributed by atoms with Crippen LogP contribution in [0, 0.1) is 0 Å². The summed E-state index contributed by atoms with van der Waals surface area (Å²) in [6, 6.07) is 20.3. The number of benzene rings is 3. The van der Waals surface area contributed by atoms with Gasteiger partial charge in [-0.25, -0.2) is 10.2 Å². The fourth-order valence-electron chi connectivity index (χ4n) is 2.65. The molecule has 29 heavy (non-hydrogen) atoms. The molecule has 3 aromatic carbocycles. The number of nitrogens with one attached hydrogen (secondary N) is 1.